The van der Waals surface area contributed by atoms with Crippen molar-refractivity contribution in [3.8, 4) is 0 Å². The number of nitrogens with one attached hydrogen (secondary N) is 1. The van der Waals surface area contributed by atoms with Gasteiger partial charge in [0.05, 0.1) is 13.2 Å². The number of nitrogen functional groups attached to an aromatic ring is 1. The Morgan fingerprint density at radius 3 is 2.86 bits per heavy atom. The lowest BCUT2D eigenvalue weighted by Gasteiger charge is -2.32. The summed E-state index contributed by atoms with van der Waals surface area (Å²) < 4.78 is 5.38. The molecular weight excluding hydrogens is 290 g/mol. The quantitative estimate of drug-likeness (QED) is 0.836. The first-order valence-corrected chi connectivity index (χ1v) is 8.06. The van der Waals surface area contributed by atoms with Gasteiger partial charge in [-0.2, -0.15) is 0 Å². The SMILES string of the molecule is CNc1nc(N)c(C(=O)N2CCC(N3CCOCC3)C2)s1. The molecule has 1 atom stereocenters. The molecule has 2 fully saturated rings. The van der Waals surface area contributed by atoms with Crippen molar-refractivity contribution in [3.05, 3.63) is 4.88 Å². The second-order valence-electron chi connectivity index (χ2n) is 5.33. The van der Waals surface area contributed by atoms with Crippen LogP contribution in [-0.2, 0) is 4.74 Å². The first-order chi connectivity index (χ1) is 10.2. The fraction of sp³-hybridized carbons (Fsp3) is 0.692. The number of nitrogens with two attached hydrogens (primary N) is 1. The summed E-state index contributed by atoms with van der Waals surface area (Å²) in [7, 11) is 1.77. The first kappa shape index (κ1) is 14.6. The molecule has 1 unspecified atom stereocenters. The number of carbonyl (C=O) groups is 1. The summed E-state index contributed by atoms with van der Waals surface area (Å²) in [5.41, 5.74) is 5.85. The van der Waals surface area contributed by atoms with E-state index in [1.807, 2.05) is 4.90 Å². The average Bonchev–Trinajstić information content (AvgIpc) is 3.14. The fourth-order valence-electron chi connectivity index (χ4n) is 2.90. The number of ether oxygens (including phenoxy) is 1. The Balaban J connectivity index is 1.64. The van der Waals surface area contributed by atoms with Crippen molar-refractivity contribution in [1.82, 2.24) is 14.8 Å². The van der Waals surface area contributed by atoms with Gasteiger partial charge in [0.15, 0.2) is 5.13 Å². The molecule has 3 rings (SSSR count). The van der Waals surface area contributed by atoms with E-state index in [1.165, 1.54) is 11.3 Å². The maximum atomic E-state index is 12.6. The number of aromatic nitrogens is 1. The van der Waals surface area contributed by atoms with E-state index in [1.54, 1.807) is 7.05 Å². The number of morpholine rings is 1. The Morgan fingerprint density at radius 2 is 2.19 bits per heavy atom. The zero-order chi connectivity index (χ0) is 14.8. The van der Waals surface area contributed by atoms with Crippen molar-refractivity contribution in [2.75, 3.05) is 57.5 Å². The molecule has 0 spiro atoms. The summed E-state index contributed by atoms with van der Waals surface area (Å²) in [6.07, 6.45) is 1.02. The molecule has 7 nitrogen and oxygen atoms in total. The van der Waals surface area contributed by atoms with Crippen LogP contribution in [0.5, 0.6) is 0 Å². The smallest absolute Gasteiger partial charge is 0.267 e. The largest absolute Gasteiger partial charge is 0.382 e. The van der Waals surface area contributed by atoms with Crippen LogP contribution in [0.4, 0.5) is 10.9 Å². The molecule has 0 saturated carbocycles. The standard InChI is InChI=1S/C13H21N5O2S/c1-15-13-16-11(14)10(21-13)12(19)18-3-2-9(8-18)17-4-6-20-7-5-17/h9H,2-8,14H2,1H3,(H,15,16). The van der Waals surface area contributed by atoms with E-state index >= 15 is 0 Å². The van der Waals surface area contributed by atoms with Gasteiger partial charge in [-0.3, -0.25) is 9.69 Å². The molecule has 1 aromatic rings. The molecule has 2 aliphatic heterocycles. The summed E-state index contributed by atoms with van der Waals surface area (Å²) in [6, 6.07) is 0.441. The van der Waals surface area contributed by atoms with Crippen molar-refractivity contribution in [1.29, 1.82) is 0 Å². The third-order valence-electron chi connectivity index (χ3n) is 4.07. The van der Waals surface area contributed by atoms with Crippen LogP contribution in [0.1, 0.15) is 16.1 Å². The maximum Gasteiger partial charge on any atom is 0.267 e. The summed E-state index contributed by atoms with van der Waals surface area (Å²) in [4.78, 5) is 21.6. The predicted molar refractivity (Wildman–Crippen MR) is 82.8 cm³/mol. The van der Waals surface area contributed by atoms with E-state index in [2.05, 4.69) is 15.2 Å². The first-order valence-electron chi connectivity index (χ1n) is 7.24. The van der Waals surface area contributed by atoms with E-state index in [0.717, 1.165) is 45.8 Å². The van der Waals surface area contributed by atoms with Crippen LogP contribution in [0, 0.1) is 0 Å². The second-order valence-corrected chi connectivity index (χ2v) is 6.32. The van der Waals surface area contributed by atoms with Gasteiger partial charge in [-0.15, -0.1) is 0 Å². The van der Waals surface area contributed by atoms with Gasteiger partial charge in [-0.25, -0.2) is 4.98 Å². The minimum absolute atomic E-state index is 0.00209. The number of hydrogen-bond acceptors (Lipinski definition) is 7. The second kappa shape index (κ2) is 6.17. The maximum absolute atomic E-state index is 12.6. The highest BCUT2D eigenvalue weighted by molar-refractivity contribution is 7.18. The number of carbonyl (C=O) groups excluding carboxylic acids is 1. The highest BCUT2D eigenvalue weighted by atomic mass is 32.1. The highest BCUT2D eigenvalue weighted by Crippen LogP contribution is 2.28. The van der Waals surface area contributed by atoms with Gasteiger partial charge in [0.2, 0.25) is 0 Å². The molecule has 0 bridgehead atoms. The third kappa shape index (κ3) is 2.97. The average molecular weight is 311 g/mol. The van der Waals surface area contributed by atoms with Crippen molar-refractivity contribution >= 4 is 28.2 Å². The summed E-state index contributed by atoms with van der Waals surface area (Å²) >= 11 is 1.32. The molecule has 0 aliphatic carbocycles. The Kier molecular flexibility index (Phi) is 4.27. The molecule has 8 heteroatoms. The van der Waals surface area contributed by atoms with Crippen LogP contribution in [0.25, 0.3) is 0 Å². The summed E-state index contributed by atoms with van der Waals surface area (Å²) in [5.74, 6) is 0.325. The summed E-state index contributed by atoms with van der Waals surface area (Å²) in [5, 5.41) is 3.61. The number of rotatable bonds is 3. The number of hydrogen-bond donors (Lipinski definition) is 2. The molecule has 2 aliphatic rings. The molecular formula is C13H21N5O2S. The molecule has 0 aromatic carbocycles. The van der Waals surface area contributed by atoms with E-state index < -0.39 is 0 Å². The van der Waals surface area contributed by atoms with Gasteiger partial charge in [0.1, 0.15) is 10.7 Å². The molecule has 3 N–H and O–H groups in total. The number of likely N-dealkylation sites (tertiary alicyclic amines) is 1. The van der Waals surface area contributed by atoms with Gasteiger partial charge >= 0.3 is 0 Å². The lowest BCUT2D eigenvalue weighted by Crippen LogP contribution is -2.45. The van der Waals surface area contributed by atoms with Gasteiger partial charge in [-0.1, -0.05) is 11.3 Å². The lowest BCUT2D eigenvalue weighted by molar-refractivity contribution is 0.0185. The number of nitrogens with zero attached hydrogens (tertiary/aromatic N) is 3. The molecule has 2 saturated heterocycles. The lowest BCUT2D eigenvalue weighted by atomic mass is 10.2. The van der Waals surface area contributed by atoms with E-state index in [-0.39, 0.29) is 5.91 Å². The van der Waals surface area contributed by atoms with E-state index in [9.17, 15) is 4.79 Å². The van der Waals surface area contributed by atoms with Gasteiger partial charge in [0, 0.05) is 39.3 Å². The van der Waals surface area contributed by atoms with Crippen LogP contribution >= 0.6 is 11.3 Å². The van der Waals surface area contributed by atoms with Crippen LogP contribution in [0.15, 0.2) is 0 Å². The zero-order valence-electron chi connectivity index (χ0n) is 12.2. The van der Waals surface area contributed by atoms with Gasteiger partial charge < -0.3 is 20.7 Å². The van der Waals surface area contributed by atoms with Crippen LogP contribution in [0.3, 0.4) is 0 Å². The summed E-state index contributed by atoms with van der Waals surface area (Å²) in [6.45, 7) is 5.05. The Labute approximate surface area is 128 Å². The predicted octanol–water partition coefficient (Wildman–Crippen LogP) is 0.314. The molecule has 3 heterocycles. The van der Waals surface area contributed by atoms with Crippen molar-refractivity contribution < 1.29 is 9.53 Å². The normalized spacial score (nSPS) is 23.5. The fourth-order valence-corrected chi connectivity index (χ4v) is 3.71. The molecule has 116 valence electrons. The Bertz CT molecular complexity index is 515. The number of amides is 1. The molecule has 1 amide bonds. The molecule has 0 radical (unpaired) electrons. The monoisotopic (exact) mass is 311 g/mol. The topological polar surface area (TPSA) is 83.7 Å². The zero-order valence-corrected chi connectivity index (χ0v) is 13.0. The number of anilines is 2. The van der Waals surface area contributed by atoms with Crippen LogP contribution in [-0.4, -0.2) is 73.2 Å². The van der Waals surface area contributed by atoms with E-state index in [4.69, 9.17) is 10.5 Å². The van der Waals surface area contributed by atoms with Crippen LogP contribution < -0.4 is 11.1 Å². The van der Waals surface area contributed by atoms with Gasteiger partial charge in [-0.05, 0) is 6.42 Å². The van der Waals surface area contributed by atoms with Crippen molar-refractivity contribution in [2.24, 2.45) is 0 Å². The molecule has 21 heavy (non-hydrogen) atoms. The van der Waals surface area contributed by atoms with Gasteiger partial charge in [0.25, 0.3) is 5.91 Å². The van der Waals surface area contributed by atoms with E-state index in [0.29, 0.717) is 21.9 Å². The number of thiazole rings is 1. The molecule has 1 aromatic heterocycles. The Morgan fingerprint density at radius 1 is 1.43 bits per heavy atom. The Hall–Kier alpha value is -1.38. The van der Waals surface area contributed by atoms with Crippen molar-refractivity contribution in [2.45, 2.75) is 12.5 Å². The van der Waals surface area contributed by atoms with Crippen molar-refractivity contribution in [3.63, 3.8) is 0 Å². The highest BCUT2D eigenvalue weighted by Gasteiger charge is 2.33. The minimum Gasteiger partial charge on any atom is -0.382 e. The third-order valence-corrected chi connectivity index (χ3v) is 5.15. The minimum atomic E-state index is 0.00209. The van der Waals surface area contributed by atoms with Crippen LogP contribution in [0.2, 0.25) is 0 Å².